The van der Waals surface area contributed by atoms with Crippen molar-refractivity contribution in [3.63, 3.8) is 0 Å². The van der Waals surface area contributed by atoms with Gasteiger partial charge < -0.3 is 10.1 Å². The minimum absolute atomic E-state index is 0.00261. The molecule has 1 heterocycles. The van der Waals surface area contributed by atoms with Crippen LogP contribution in [0.25, 0.3) is 6.08 Å². The number of anilines is 1. The molecule has 1 aromatic carbocycles. The van der Waals surface area contributed by atoms with Crippen molar-refractivity contribution < 1.29 is 4.74 Å². The van der Waals surface area contributed by atoms with E-state index < -0.39 is 0 Å². The molecule has 2 heteroatoms. The number of hydrogen-bond acceptors (Lipinski definition) is 2. The molecule has 0 bridgehead atoms. The molecule has 21 heavy (non-hydrogen) atoms. The smallest absolute Gasteiger partial charge is 0.126 e. The van der Waals surface area contributed by atoms with Crippen LogP contribution in [-0.2, 0) is 0 Å². The Morgan fingerprint density at radius 3 is 2.33 bits per heavy atom. The molecule has 2 nitrogen and oxygen atoms in total. The fourth-order valence-electron chi connectivity index (χ4n) is 2.99. The first kappa shape index (κ1) is 15.9. The molecule has 1 aliphatic rings. The largest absolute Gasteiger partial charge is 0.493 e. The second kappa shape index (κ2) is 5.75. The summed E-state index contributed by atoms with van der Waals surface area (Å²) >= 11 is 0. The second-order valence-electron chi connectivity index (χ2n) is 7.09. The summed E-state index contributed by atoms with van der Waals surface area (Å²) in [5, 5.41) is 3.65. The molecule has 0 atom stereocenters. The topological polar surface area (TPSA) is 21.3 Å². The Morgan fingerprint density at radius 1 is 1.14 bits per heavy atom. The van der Waals surface area contributed by atoms with Crippen LogP contribution < -0.4 is 10.1 Å². The van der Waals surface area contributed by atoms with Crippen molar-refractivity contribution in [2.24, 2.45) is 0 Å². The van der Waals surface area contributed by atoms with Gasteiger partial charge in [-0.3, -0.25) is 0 Å². The molecule has 0 amide bonds. The molecule has 1 aromatic rings. The molecular formula is C19H29NO. The monoisotopic (exact) mass is 287 g/mol. The molecule has 0 saturated heterocycles. The summed E-state index contributed by atoms with van der Waals surface area (Å²) in [6, 6.07) is 2.28. The van der Waals surface area contributed by atoms with Crippen LogP contribution in [-0.4, -0.2) is 12.1 Å². The van der Waals surface area contributed by atoms with Gasteiger partial charge in [0.2, 0.25) is 0 Å². The van der Waals surface area contributed by atoms with Crippen LogP contribution >= 0.6 is 0 Å². The number of ether oxygens (including phenoxy) is 1. The number of hydrogen-bond donors (Lipinski definition) is 1. The summed E-state index contributed by atoms with van der Waals surface area (Å²) < 4.78 is 6.05. The third-order valence-electron chi connectivity index (χ3n) is 4.00. The van der Waals surface area contributed by atoms with E-state index in [4.69, 9.17) is 4.74 Å². The van der Waals surface area contributed by atoms with Crippen molar-refractivity contribution in [2.45, 2.75) is 65.8 Å². The lowest BCUT2D eigenvalue weighted by atomic mass is 9.85. The quantitative estimate of drug-likeness (QED) is 0.784. The summed E-state index contributed by atoms with van der Waals surface area (Å²) in [4.78, 5) is 0. The predicted octanol–water partition coefficient (Wildman–Crippen LogP) is 5.55. The van der Waals surface area contributed by atoms with Crippen molar-refractivity contribution in [2.75, 3.05) is 11.9 Å². The maximum atomic E-state index is 6.05. The van der Waals surface area contributed by atoms with Crippen LogP contribution in [0.15, 0.2) is 12.1 Å². The fourth-order valence-corrected chi connectivity index (χ4v) is 2.99. The minimum Gasteiger partial charge on any atom is -0.493 e. The van der Waals surface area contributed by atoms with Crippen molar-refractivity contribution in [3.05, 3.63) is 28.8 Å². The van der Waals surface area contributed by atoms with Crippen LogP contribution in [0.2, 0.25) is 0 Å². The van der Waals surface area contributed by atoms with Gasteiger partial charge in [0.05, 0.1) is 12.1 Å². The molecule has 1 N–H and O–H groups in total. The van der Waals surface area contributed by atoms with Gasteiger partial charge in [0.15, 0.2) is 0 Å². The molecule has 0 fully saturated rings. The molecule has 2 rings (SSSR count). The third-order valence-corrected chi connectivity index (χ3v) is 4.00. The Hall–Kier alpha value is -1.44. The van der Waals surface area contributed by atoms with Crippen LogP contribution in [0.4, 0.5) is 5.69 Å². The van der Waals surface area contributed by atoms with E-state index in [1.54, 1.807) is 0 Å². The van der Waals surface area contributed by atoms with E-state index in [0.29, 0.717) is 18.4 Å². The Morgan fingerprint density at radius 2 is 1.81 bits per heavy atom. The van der Waals surface area contributed by atoms with Crippen LogP contribution in [0, 0.1) is 0 Å². The molecule has 0 unspecified atom stereocenters. The van der Waals surface area contributed by atoms with E-state index in [0.717, 1.165) is 5.75 Å². The lowest BCUT2D eigenvalue weighted by Gasteiger charge is -2.33. The van der Waals surface area contributed by atoms with Gasteiger partial charge in [0.1, 0.15) is 5.75 Å². The predicted molar refractivity (Wildman–Crippen MR) is 92.5 cm³/mol. The van der Waals surface area contributed by atoms with E-state index in [1.807, 2.05) is 0 Å². The first-order valence-electron chi connectivity index (χ1n) is 8.07. The zero-order chi connectivity index (χ0) is 15.8. The van der Waals surface area contributed by atoms with Gasteiger partial charge in [0, 0.05) is 16.8 Å². The lowest BCUT2D eigenvalue weighted by molar-refractivity contribution is 0.330. The molecular weight excluding hydrogens is 258 g/mol. The summed E-state index contributed by atoms with van der Waals surface area (Å²) in [7, 11) is 0. The van der Waals surface area contributed by atoms with Crippen LogP contribution in [0.5, 0.6) is 5.75 Å². The lowest BCUT2D eigenvalue weighted by Crippen LogP contribution is -2.31. The van der Waals surface area contributed by atoms with Crippen molar-refractivity contribution in [1.82, 2.24) is 0 Å². The Bertz CT molecular complexity index is 553. The van der Waals surface area contributed by atoms with Crippen molar-refractivity contribution in [1.29, 1.82) is 0 Å². The summed E-state index contributed by atoms with van der Waals surface area (Å²) in [5.74, 6) is 1.98. The van der Waals surface area contributed by atoms with Gasteiger partial charge in [0.25, 0.3) is 0 Å². The van der Waals surface area contributed by atoms with E-state index in [1.165, 1.54) is 22.4 Å². The normalized spacial score (nSPS) is 16.0. The van der Waals surface area contributed by atoms with Crippen molar-refractivity contribution in [3.8, 4) is 5.75 Å². The van der Waals surface area contributed by atoms with Crippen LogP contribution in [0.1, 0.15) is 77.0 Å². The highest BCUT2D eigenvalue weighted by atomic mass is 16.5. The number of nitrogens with one attached hydrogen (secondary N) is 1. The maximum absolute atomic E-state index is 6.05. The Labute approximate surface area is 129 Å². The van der Waals surface area contributed by atoms with E-state index >= 15 is 0 Å². The highest BCUT2D eigenvalue weighted by Gasteiger charge is 2.26. The average molecular weight is 287 g/mol. The molecule has 0 spiro atoms. The van der Waals surface area contributed by atoms with Crippen molar-refractivity contribution >= 4 is 11.8 Å². The van der Waals surface area contributed by atoms with E-state index in [9.17, 15) is 0 Å². The zero-order valence-electron chi connectivity index (χ0n) is 14.5. The minimum atomic E-state index is 0.00261. The first-order valence-corrected chi connectivity index (χ1v) is 8.07. The summed E-state index contributed by atoms with van der Waals surface area (Å²) in [6.07, 6.45) is 4.50. The van der Waals surface area contributed by atoms with Gasteiger partial charge in [-0.15, -0.1) is 0 Å². The molecule has 0 saturated carbocycles. The van der Waals surface area contributed by atoms with Gasteiger partial charge in [-0.2, -0.15) is 0 Å². The number of rotatable bonds is 4. The SMILES string of the molecule is CCOc1c(C(C)C)cc2c(c1C(C)C)C=CC(C)(C)N2. The fraction of sp³-hybridized carbons (Fsp3) is 0.579. The molecule has 116 valence electrons. The zero-order valence-corrected chi connectivity index (χ0v) is 14.5. The third kappa shape index (κ3) is 3.09. The summed E-state index contributed by atoms with van der Waals surface area (Å²) in [5.41, 5.74) is 5.16. The molecule has 1 aliphatic heterocycles. The highest BCUT2D eigenvalue weighted by molar-refractivity contribution is 5.78. The van der Waals surface area contributed by atoms with E-state index in [-0.39, 0.29) is 5.54 Å². The number of benzene rings is 1. The average Bonchev–Trinajstić information content (AvgIpc) is 2.36. The number of fused-ring (bicyclic) bond motifs is 1. The standard InChI is InChI=1S/C19H29NO/c1-8-21-18-15(12(2)3)11-16-14(17(18)13(4)5)9-10-19(6,7)20-16/h9-13,20H,8H2,1-7H3. The Kier molecular flexibility index (Phi) is 4.36. The second-order valence-corrected chi connectivity index (χ2v) is 7.09. The van der Waals surface area contributed by atoms with Gasteiger partial charge in [-0.05, 0) is 44.2 Å². The van der Waals surface area contributed by atoms with Gasteiger partial charge in [-0.1, -0.05) is 39.8 Å². The molecule has 0 aliphatic carbocycles. The maximum Gasteiger partial charge on any atom is 0.126 e. The van der Waals surface area contributed by atoms with Gasteiger partial charge in [-0.25, -0.2) is 0 Å². The summed E-state index contributed by atoms with van der Waals surface area (Å²) in [6.45, 7) is 16.1. The van der Waals surface area contributed by atoms with E-state index in [2.05, 4.69) is 72.0 Å². The highest BCUT2D eigenvalue weighted by Crippen LogP contribution is 2.44. The molecule has 0 radical (unpaired) electrons. The Balaban J connectivity index is 2.72. The first-order chi connectivity index (χ1) is 9.76. The van der Waals surface area contributed by atoms with Crippen LogP contribution in [0.3, 0.4) is 0 Å². The molecule has 0 aromatic heterocycles. The van der Waals surface area contributed by atoms with Gasteiger partial charge >= 0.3 is 0 Å².